The molecule has 2 rings (SSSR count). The minimum atomic E-state index is -0.841. The van der Waals surface area contributed by atoms with Crippen LogP contribution in [0.2, 0.25) is 0 Å². The normalized spacial score (nSPS) is 20.2. The zero-order valence-electron chi connectivity index (χ0n) is 16.7. The fraction of sp³-hybridized carbons (Fsp3) is 0.600. The van der Waals surface area contributed by atoms with E-state index in [2.05, 4.69) is 0 Å². The van der Waals surface area contributed by atoms with Crippen LogP contribution in [-0.2, 0) is 25.6 Å². The van der Waals surface area contributed by atoms with Gasteiger partial charge in [-0.15, -0.1) is 0 Å². The summed E-state index contributed by atoms with van der Waals surface area (Å²) in [6.45, 7) is 9.43. The summed E-state index contributed by atoms with van der Waals surface area (Å²) in [5.74, 6) is -0.478. The maximum atomic E-state index is 12.5. The van der Waals surface area contributed by atoms with Gasteiger partial charge in [0.15, 0.2) is 0 Å². The van der Waals surface area contributed by atoms with Crippen LogP contribution < -0.4 is 5.73 Å². The van der Waals surface area contributed by atoms with Gasteiger partial charge in [-0.3, -0.25) is 9.69 Å². The van der Waals surface area contributed by atoms with E-state index < -0.39 is 29.4 Å². The second-order valence-corrected chi connectivity index (χ2v) is 8.21. The fourth-order valence-corrected chi connectivity index (χ4v) is 2.90. The van der Waals surface area contributed by atoms with Crippen molar-refractivity contribution in [2.45, 2.75) is 71.1 Å². The summed E-state index contributed by atoms with van der Waals surface area (Å²) in [5, 5.41) is 0. The zero-order valence-corrected chi connectivity index (χ0v) is 16.7. The van der Waals surface area contributed by atoms with Crippen molar-refractivity contribution in [3.8, 4) is 0 Å². The van der Waals surface area contributed by atoms with Crippen molar-refractivity contribution in [3.63, 3.8) is 0 Å². The van der Waals surface area contributed by atoms with Gasteiger partial charge in [0, 0.05) is 6.42 Å². The Hall–Kier alpha value is -2.12. The summed E-state index contributed by atoms with van der Waals surface area (Å²) in [6.07, 6.45) is -0.565. The minimum absolute atomic E-state index is 0.189. The molecule has 0 saturated carbocycles. The molecule has 0 aromatic heterocycles. The quantitative estimate of drug-likeness (QED) is 0.792. The second-order valence-electron chi connectivity index (χ2n) is 8.21. The molecule has 1 amide bonds. The molecule has 1 saturated heterocycles. The summed E-state index contributed by atoms with van der Waals surface area (Å²) in [6, 6.07) is 8.65. The number of carbonyl (C=O) groups is 2. The first-order valence-electron chi connectivity index (χ1n) is 9.12. The molecule has 0 bridgehead atoms. The van der Waals surface area contributed by atoms with E-state index in [-0.39, 0.29) is 19.1 Å². The van der Waals surface area contributed by atoms with Crippen molar-refractivity contribution in [3.05, 3.63) is 35.9 Å². The minimum Gasteiger partial charge on any atom is -0.459 e. The number of benzene rings is 1. The van der Waals surface area contributed by atoms with Gasteiger partial charge in [-0.05, 0) is 40.2 Å². The van der Waals surface area contributed by atoms with Gasteiger partial charge < -0.3 is 19.9 Å². The van der Waals surface area contributed by atoms with Crippen LogP contribution in [0.5, 0.6) is 0 Å². The number of nitrogens with two attached hydrogens (primary N) is 1. The lowest BCUT2D eigenvalue weighted by Crippen LogP contribution is -2.43. The predicted molar refractivity (Wildman–Crippen MR) is 101 cm³/mol. The molecule has 0 spiro atoms. The molecule has 1 aromatic carbocycles. The molecule has 7 nitrogen and oxygen atoms in total. The van der Waals surface area contributed by atoms with Crippen molar-refractivity contribution in [2.75, 3.05) is 6.54 Å². The first-order valence-corrected chi connectivity index (χ1v) is 9.12. The first-order chi connectivity index (χ1) is 12.5. The Morgan fingerprint density at radius 1 is 1.30 bits per heavy atom. The number of hydrogen-bond acceptors (Lipinski definition) is 6. The molecule has 0 unspecified atom stereocenters. The lowest BCUT2D eigenvalue weighted by Gasteiger charge is -2.29. The Morgan fingerprint density at radius 3 is 2.52 bits per heavy atom. The SMILES string of the molecule is CC(C)(C)OC(=O)[C@H](N)C[C@@H]1CN(C(=O)OCc2ccccc2)C(C)(C)O1. The Balaban J connectivity index is 1.90. The van der Waals surface area contributed by atoms with Gasteiger partial charge >= 0.3 is 12.1 Å². The molecule has 150 valence electrons. The summed E-state index contributed by atoms with van der Waals surface area (Å²) < 4.78 is 16.6. The average Bonchev–Trinajstić information content (AvgIpc) is 2.86. The molecule has 1 heterocycles. The van der Waals surface area contributed by atoms with E-state index in [1.54, 1.807) is 34.6 Å². The van der Waals surface area contributed by atoms with Gasteiger partial charge in [0.25, 0.3) is 0 Å². The van der Waals surface area contributed by atoms with Crippen molar-refractivity contribution in [1.82, 2.24) is 4.90 Å². The summed E-state index contributed by atoms with van der Waals surface area (Å²) >= 11 is 0. The Morgan fingerprint density at radius 2 is 1.93 bits per heavy atom. The monoisotopic (exact) mass is 378 g/mol. The van der Waals surface area contributed by atoms with Gasteiger partial charge in [0.1, 0.15) is 24.0 Å². The molecule has 1 aliphatic rings. The van der Waals surface area contributed by atoms with Crippen molar-refractivity contribution >= 4 is 12.1 Å². The van der Waals surface area contributed by atoms with Crippen molar-refractivity contribution in [2.24, 2.45) is 5.73 Å². The van der Waals surface area contributed by atoms with Gasteiger partial charge in [-0.25, -0.2) is 4.79 Å². The van der Waals surface area contributed by atoms with Gasteiger partial charge in [0.05, 0.1) is 12.6 Å². The predicted octanol–water partition coefficient (Wildman–Crippen LogP) is 2.82. The lowest BCUT2D eigenvalue weighted by atomic mass is 10.1. The van der Waals surface area contributed by atoms with Crippen LogP contribution in [0.4, 0.5) is 4.79 Å². The average molecular weight is 378 g/mol. The molecule has 1 aromatic rings. The van der Waals surface area contributed by atoms with E-state index in [0.29, 0.717) is 6.54 Å². The van der Waals surface area contributed by atoms with E-state index in [1.807, 2.05) is 30.3 Å². The molecule has 0 radical (unpaired) electrons. The highest BCUT2D eigenvalue weighted by Crippen LogP contribution is 2.29. The molecule has 7 heteroatoms. The van der Waals surface area contributed by atoms with Crippen molar-refractivity contribution < 1.29 is 23.8 Å². The van der Waals surface area contributed by atoms with Crippen LogP contribution in [-0.4, -0.2) is 47.0 Å². The highest BCUT2D eigenvalue weighted by molar-refractivity contribution is 5.76. The Labute approximate surface area is 160 Å². The molecule has 1 fully saturated rings. The fourth-order valence-electron chi connectivity index (χ4n) is 2.90. The van der Waals surface area contributed by atoms with Gasteiger partial charge in [-0.1, -0.05) is 30.3 Å². The maximum absolute atomic E-state index is 12.5. The largest absolute Gasteiger partial charge is 0.459 e. The summed E-state index contributed by atoms with van der Waals surface area (Å²) in [4.78, 5) is 26.1. The van der Waals surface area contributed by atoms with Crippen LogP contribution in [0.25, 0.3) is 0 Å². The van der Waals surface area contributed by atoms with Gasteiger partial charge in [-0.2, -0.15) is 0 Å². The summed E-state index contributed by atoms with van der Waals surface area (Å²) in [5.41, 5.74) is 5.43. The Bertz CT molecular complexity index is 654. The molecule has 27 heavy (non-hydrogen) atoms. The highest BCUT2D eigenvalue weighted by atomic mass is 16.6. The highest BCUT2D eigenvalue weighted by Gasteiger charge is 2.44. The van der Waals surface area contributed by atoms with E-state index in [9.17, 15) is 9.59 Å². The number of rotatable bonds is 5. The number of carbonyl (C=O) groups excluding carboxylic acids is 2. The molecule has 0 aliphatic carbocycles. The zero-order chi connectivity index (χ0) is 20.2. The third-order valence-corrected chi connectivity index (χ3v) is 4.14. The third kappa shape index (κ3) is 6.22. The van der Waals surface area contributed by atoms with E-state index in [0.717, 1.165) is 5.56 Å². The number of hydrogen-bond donors (Lipinski definition) is 1. The number of nitrogens with zero attached hydrogens (tertiary/aromatic N) is 1. The summed E-state index contributed by atoms with van der Waals surface area (Å²) in [7, 11) is 0. The molecular weight excluding hydrogens is 348 g/mol. The maximum Gasteiger partial charge on any atom is 0.412 e. The molecule has 2 N–H and O–H groups in total. The topological polar surface area (TPSA) is 91.1 Å². The third-order valence-electron chi connectivity index (χ3n) is 4.14. The lowest BCUT2D eigenvalue weighted by molar-refractivity contribution is -0.157. The number of esters is 1. The van der Waals surface area contributed by atoms with E-state index in [4.69, 9.17) is 19.9 Å². The number of ether oxygens (including phenoxy) is 3. The molecule has 1 aliphatic heterocycles. The van der Waals surface area contributed by atoms with E-state index in [1.165, 1.54) is 4.90 Å². The number of amides is 1. The van der Waals surface area contributed by atoms with Crippen LogP contribution in [0.3, 0.4) is 0 Å². The van der Waals surface area contributed by atoms with Crippen LogP contribution in [0.15, 0.2) is 30.3 Å². The van der Waals surface area contributed by atoms with Gasteiger partial charge in [0.2, 0.25) is 0 Å². The second kappa shape index (κ2) is 8.27. The standard InChI is InChI=1S/C20H30N2O5/c1-19(2,3)27-17(23)16(21)11-15-12-22(20(4,5)26-15)18(24)25-13-14-9-7-6-8-10-14/h6-10,15-16H,11-13,21H2,1-5H3/t15-,16-/m1/s1. The van der Waals surface area contributed by atoms with E-state index >= 15 is 0 Å². The van der Waals surface area contributed by atoms with Crippen LogP contribution in [0, 0.1) is 0 Å². The molecular formula is C20H30N2O5. The molecule has 2 atom stereocenters. The van der Waals surface area contributed by atoms with Crippen LogP contribution >= 0.6 is 0 Å². The van der Waals surface area contributed by atoms with Crippen LogP contribution in [0.1, 0.15) is 46.6 Å². The smallest absolute Gasteiger partial charge is 0.412 e. The first kappa shape index (κ1) is 21.2. The van der Waals surface area contributed by atoms with Crippen molar-refractivity contribution in [1.29, 1.82) is 0 Å². The Kier molecular flexibility index (Phi) is 6.49.